The average molecular weight is 449 g/mol. The van der Waals surface area contributed by atoms with E-state index < -0.39 is 15.9 Å². The molecule has 0 saturated carbocycles. The number of sulfonamides is 1. The maximum atomic E-state index is 12.9. The molecule has 3 rings (SSSR count). The number of aryl methyl sites for hydroxylation is 1. The van der Waals surface area contributed by atoms with Gasteiger partial charge in [-0.2, -0.15) is 0 Å². The van der Waals surface area contributed by atoms with E-state index in [4.69, 9.17) is 11.6 Å². The van der Waals surface area contributed by atoms with Crippen LogP contribution in [-0.4, -0.2) is 19.4 Å². The van der Waals surface area contributed by atoms with E-state index in [0.717, 1.165) is 11.6 Å². The number of halogens is 2. The van der Waals surface area contributed by atoms with Gasteiger partial charge in [0.1, 0.15) is 11.6 Å². The van der Waals surface area contributed by atoms with Crippen LogP contribution in [0.2, 0.25) is 5.02 Å². The zero-order valence-corrected chi connectivity index (χ0v) is 17.2. The number of carbonyl (C=O) groups is 1. The van der Waals surface area contributed by atoms with Crippen molar-refractivity contribution in [3.05, 3.63) is 83.1 Å². The Hall–Kier alpha value is -3.10. The summed E-state index contributed by atoms with van der Waals surface area (Å²) in [6, 6.07) is 15.5. The van der Waals surface area contributed by atoms with E-state index in [1.165, 1.54) is 30.3 Å². The highest BCUT2D eigenvalue weighted by atomic mass is 35.5. The van der Waals surface area contributed by atoms with E-state index in [-0.39, 0.29) is 34.3 Å². The highest BCUT2D eigenvalue weighted by Gasteiger charge is 2.17. The Kier molecular flexibility index (Phi) is 6.59. The van der Waals surface area contributed by atoms with Crippen molar-refractivity contribution in [2.45, 2.75) is 17.7 Å². The standard InChI is InChI=1S/C21H18ClFN2O4S/c22-15-2-1-3-17(12-15)25-30(28,29)18-9-10-20(26)19(13-18)24-21(27)11-6-14-4-7-16(23)8-5-14/h1-5,7-10,12-13,25-26H,6,11H2,(H,24,27). The fourth-order valence-electron chi connectivity index (χ4n) is 2.67. The molecular formula is C21H18ClFN2O4S. The molecule has 0 saturated heterocycles. The van der Waals surface area contributed by atoms with E-state index >= 15 is 0 Å². The van der Waals surface area contributed by atoms with Crippen molar-refractivity contribution >= 4 is 38.9 Å². The van der Waals surface area contributed by atoms with Crippen molar-refractivity contribution in [2.75, 3.05) is 10.0 Å². The number of hydrogen-bond acceptors (Lipinski definition) is 4. The first kappa shape index (κ1) is 21.6. The topological polar surface area (TPSA) is 95.5 Å². The Bertz CT molecular complexity index is 1170. The largest absolute Gasteiger partial charge is 0.506 e. The third kappa shape index (κ3) is 5.71. The summed E-state index contributed by atoms with van der Waals surface area (Å²) in [5.74, 6) is -1.06. The monoisotopic (exact) mass is 448 g/mol. The Labute approximate surface area is 178 Å². The van der Waals surface area contributed by atoms with E-state index in [9.17, 15) is 22.7 Å². The van der Waals surface area contributed by atoms with Crippen LogP contribution in [0, 0.1) is 5.82 Å². The molecule has 3 aromatic rings. The molecule has 156 valence electrons. The molecule has 0 aromatic heterocycles. The number of rotatable bonds is 7. The van der Waals surface area contributed by atoms with Gasteiger partial charge in [-0.15, -0.1) is 0 Å². The van der Waals surface area contributed by atoms with Gasteiger partial charge in [-0.1, -0.05) is 29.8 Å². The summed E-state index contributed by atoms with van der Waals surface area (Å²) in [7, 11) is -3.97. The lowest BCUT2D eigenvalue weighted by Gasteiger charge is -2.12. The van der Waals surface area contributed by atoms with Gasteiger partial charge in [0, 0.05) is 11.4 Å². The molecular weight excluding hydrogens is 431 g/mol. The van der Waals surface area contributed by atoms with Crippen LogP contribution in [-0.2, 0) is 21.2 Å². The number of carbonyl (C=O) groups excluding carboxylic acids is 1. The van der Waals surface area contributed by atoms with Crippen LogP contribution in [0.25, 0.3) is 0 Å². The molecule has 0 bridgehead atoms. The minimum atomic E-state index is -3.97. The van der Waals surface area contributed by atoms with Gasteiger partial charge < -0.3 is 10.4 Å². The third-order valence-corrected chi connectivity index (χ3v) is 5.80. The van der Waals surface area contributed by atoms with Crippen molar-refractivity contribution in [3.63, 3.8) is 0 Å². The molecule has 9 heteroatoms. The first-order chi connectivity index (χ1) is 14.2. The fourth-order valence-corrected chi connectivity index (χ4v) is 3.94. The van der Waals surface area contributed by atoms with Crippen molar-refractivity contribution in [2.24, 2.45) is 0 Å². The molecule has 30 heavy (non-hydrogen) atoms. The molecule has 0 fully saturated rings. The zero-order chi connectivity index (χ0) is 21.7. The molecule has 3 N–H and O–H groups in total. The molecule has 6 nitrogen and oxygen atoms in total. The summed E-state index contributed by atoms with van der Waals surface area (Å²) in [6.07, 6.45) is 0.435. The molecule has 0 spiro atoms. The lowest BCUT2D eigenvalue weighted by atomic mass is 10.1. The van der Waals surface area contributed by atoms with Gasteiger partial charge in [0.15, 0.2) is 0 Å². The summed E-state index contributed by atoms with van der Waals surface area (Å²) in [5, 5.41) is 12.9. The number of hydrogen-bond donors (Lipinski definition) is 3. The van der Waals surface area contributed by atoms with Crippen LogP contribution in [0.3, 0.4) is 0 Å². The van der Waals surface area contributed by atoms with Crippen LogP contribution in [0.4, 0.5) is 15.8 Å². The second-order valence-corrected chi connectivity index (χ2v) is 8.59. The molecule has 1 amide bonds. The highest BCUT2D eigenvalue weighted by Crippen LogP contribution is 2.28. The summed E-state index contributed by atoms with van der Waals surface area (Å²) >= 11 is 5.87. The maximum absolute atomic E-state index is 12.9. The van der Waals surface area contributed by atoms with Gasteiger partial charge in [-0.3, -0.25) is 9.52 Å². The van der Waals surface area contributed by atoms with Crippen LogP contribution in [0.15, 0.2) is 71.6 Å². The van der Waals surface area contributed by atoms with Crippen LogP contribution >= 0.6 is 11.6 Å². The van der Waals surface area contributed by atoms with E-state index in [1.54, 1.807) is 30.3 Å². The molecule has 0 aliphatic rings. The molecule has 0 unspecified atom stereocenters. The smallest absolute Gasteiger partial charge is 0.261 e. The Morgan fingerprint density at radius 2 is 1.77 bits per heavy atom. The number of phenols is 1. The summed E-state index contributed by atoms with van der Waals surface area (Å²) in [4.78, 5) is 12.1. The number of anilines is 2. The van der Waals surface area contributed by atoms with Crippen LogP contribution in [0.1, 0.15) is 12.0 Å². The van der Waals surface area contributed by atoms with E-state index in [2.05, 4.69) is 10.0 Å². The van der Waals surface area contributed by atoms with Gasteiger partial charge in [0.2, 0.25) is 5.91 Å². The Morgan fingerprint density at radius 1 is 1.03 bits per heavy atom. The quantitative estimate of drug-likeness (QED) is 0.462. The normalized spacial score (nSPS) is 11.1. The average Bonchev–Trinajstić information content (AvgIpc) is 2.69. The zero-order valence-electron chi connectivity index (χ0n) is 15.6. The number of benzene rings is 3. The summed E-state index contributed by atoms with van der Waals surface area (Å²) < 4.78 is 40.6. The predicted octanol–water partition coefficient (Wildman–Crippen LogP) is 4.56. The molecule has 3 aromatic carbocycles. The molecule has 0 aliphatic heterocycles. The first-order valence-corrected chi connectivity index (χ1v) is 10.7. The number of nitrogens with one attached hydrogen (secondary N) is 2. The number of amides is 1. The molecule has 0 heterocycles. The first-order valence-electron chi connectivity index (χ1n) is 8.89. The maximum Gasteiger partial charge on any atom is 0.261 e. The second kappa shape index (κ2) is 9.15. The van der Waals surface area contributed by atoms with Crippen molar-refractivity contribution in [1.29, 1.82) is 0 Å². The lowest BCUT2D eigenvalue weighted by molar-refractivity contribution is -0.116. The molecule has 0 aliphatic carbocycles. The Morgan fingerprint density at radius 3 is 2.47 bits per heavy atom. The summed E-state index contributed by atoms with van der Waals surface area (Å²) in [5.41, 5.74) is 1.02. The summed E-state index contributed by atoms with van der Waals surface area (Å²) in [6.45, 7) is 0. The molecule has 0 atom stereocenters. The Balaban J connectivity index is 1.71. The van der Waals surface area contributed by atoms with E-state index in [1.807, 2.05) is 0 Å². The van der Waals surface area contributed by atoms with E-state index in [0.29, 0.717) is 11.4 Å². The SMILES string of the molecule is O=C(CCc1ccc(F)cc1)Nc1cc(S(=O)(=O)Nc2cccc(Cl)c2)ccc1O. The van der Waals surface area contributed by atoms with Gasteiger partial charge >= 0.3 is 0 Å². The van der Waals surface area contributed by atoms with Gasteiger partial charge in [0.25, 0.3) is 10.0 Å². The van der Waals surface area contributed by atoms with Crippen molar-refractivity contribution in [3.8, 4) is 5.75 Å². The van der Waals surface area contributed by atoms with Gasteiger partial charge in [-0.25, -0.2) is 12.8 Å². The predicted molar refractivity (Wildman–Crippen MR) is 114 cm³/mol. The van der Waals surface area contributed by atoms with Gasteiger partial charge in [0.05, 0.1) is 16.3 Å². The van der Waals surface area contributed by atoms with Gasteiger partial charge in [-0.05, 0) is 60.5 Å². The number of phenolic OH excluding ortho intramolecular Hbond substituents is 1. The molecule has 0 radical (unpaired) electrons. The third-order valence-electron chi connectivity index (χ3n) is 4.18. The van der Waals surface area contributed by atoms with Crippen molar-refractivity contribution < 1.29 is 22.7 Å². The fraction of sp³-hybridized carbons (Fsp3) is 0.0952. The van der Waals surface area contributed by atoms with Crippen molar-refractivity contribution in [1.82, 2.24) is 0 Å². The minimum absolute atomic E-state index is 0.0342. The minimum Gasteiger partial charge on any atom is -0.506 e. The van der Waals surface area contributed by atoms with Crippen LogP contribution in [0.5, 0.6) is 5.75 Å². The van der Waals surface area contributed by atoms with Crippen LogP contribution < -0.4 is 10.0 Å². The second-order valence-electron chi connectivity index (χ2n) is 6.47. The lowest BCUT2D eigenvalue weighted by Crippen LogP contribution is -2.15. The highest BCUT2D eigenvalue weighted by molar-refractivity contribution is 7.92. The number of aromatic hydroxyl groups is 1.